The number of hydrogen-bond donors (Lipinski definition) is 2. The summed E-state index contributed by atoms with van der Waals surface area (Å²) >= 11 is 0. The molecule has 5 nitrogen and oxygen atoms in total. The monoisotopic (exact) mass is 386 g/mol. The standard InChI is InChI=1S/C13H30N4O.HI/c1-6-12(2)17(4)10-9-16-13(14-3)15-8-7-11-18-5;/h12H,6-11H2,1-5H3,(H2,14,15,16);1H. The molecule has 0 radical (unpaired) electrons. The molecule has 2 N–H and O–H groups in total. The van der Waals surface area contributed by atoms with E-state index in [2.05, 4.69) is 41.4 Å². The van der Waals surface area contributed by atoms with Crippen LogP contribution >= 0.6 is 24.0 Å². The Morgan fingerprint density at radius 3 is 2.47 bits per heavy atom. The first kappa shape index (κ1) is 21.2. The second-order valence-electron chi connectivity index (χ2n) is 4.51. The van der Waals surface area contributed by atoms with Crippen molar-refractivity contribution in [3.63, 3.8) is 0 Å². The maximum Gasteiger partial charge on any atom is 0.191 e. The van der Waals surface area contributed by atoms with E-state index in [1.165, 1.54) is 6.42 Å². The summed E-state index contributed by atoms with van der Waals surface area (Å²) in [4.78, 5) is 6.54. The number of nitrogens with zero attached hydrogens (tertiary/aromatic N) is 2. The molecule has 0 aliphatic heterocycles. The van der Waals surface area contributed by atoms with Crippen LogP contribution in [-0.4, -0.2) is 64.3 Å². The molecule has 0 bridgehead atoms. The van der Waals surface area contributed by atoms with E-state index in [-0.39, 0.29) is 24.0 Å². The highest BCUT2D eigenvalue weighted by atomic mass is 127. The number of aliphatic imine (C=N–C) groups is 1. The molecule has 0 saturated heterocycles. The summed E-state index contributed by atoms with van der Waals surface area (Å²) in [5.41, 5.74) is 0. The van der Waals surface area contributed by atoms with Gasteiger partial charge in [0, 0.05) is 46.4 Å². The second kappa shape index (κ2) is 14.3. The molecule has 0 aliphatic rings. The van der Waals surface area contributed by atoms with Crippen LogP contribution < -0.4 is 10.6 Å². The molecule has 116 valence electrons. The molecule has 1 atom stereocenters. The van der Waals surface area contributed by atoms with Gasteiger partial charge in [0.25, 0.3) is 0 Å². The lowest BCUT2D eigenvalue weighted by molar-refractivity contribution is 0.195. The summed E-state index contributed by atoms with van der Waals surface area (Å²) in [7, 11) is 5.67. The molecule has 0 rings (SSSR count). The molecule has 0 spiro atoms. The Bertz CT molecular complexity index is 227. The predicted octanol–water partition coefficient (Wildman–Crippen LogP) is 1.54. The van der Waals surface area contributed by atoms with Crippen LogP contribution in [0.5, 0.6) is 0 Å². The normalized spacial score (nSPS) is 13.1. The van der Waals surface area contributed by atoms with Crippen LogP contribution in [0, 0.1) is 0 Å². The number of rotatable bonds is 9. The van der Waals surface area contributed by atoms with Crippen molar-refractivity contribution in [1.82, 2.24) is 15.5 Å². The lowest BCUT2D eigenvalue weighted by atomic mass is 10.2. The first-order chi connectivity index (χ1) is 8.65. The van der Waals surface area contributed by atoms with Gasteiger partial charge in [0.2, 0.25) is 0 Å². The third kappa shape index (κ3) is 11.4. The average molecular weight is 386 g/mol. The van der Waals surface area contributed by atoms with E-state index in [4.69, 9.17) is 4.74 Å². The van der Waals surface area contributed by atoms with Gasteiger partial charge in [-0.3, -0.25) is 4.99 Å². The van der Waals surface area contributed by atoms with E-state index in [1.807, 2.05) is 0 Å². The van der Waals surface area contributed by atoms with E-state index >= 15 is 0 Å². The zero-order valence-electron chi connectivity index (χ0n) is 13.0. The number of likely N-dealkylation sites (N-methyl/N-ethyl adjacent to an activating group) is 1. The zero-order valence-corrected chi connectivity index (χ0v) is 15.4. The van der Waals surface area contributed by atoms with E-state index in [1.54, 1.807) is 14.2 Å². The molecule has 0 saturated carbocycles. The van der Waals surface area contributed by atoms with E-state index in [0.717, 1.165) is 38.6 Å². The maximum absolute atomic E-state index is 5.00. The highest BCUT2D eigenvalue weighted by Gasteiger charge is 2.05. The third-order valence-electron chi connectivity index (χ3n) is 3.14. The Kier molecular flexibility index (Phi) is 16.0. The molecular formula is C13H31IN4O. The van der Waals surface area contributed by atoms with Crippen LogP contribution in [0.15, 0.2) is 4.99 Å². The average Bonchev–Trinajstić information content (AvgIpc) is 2.40. The Hall–Kier alpha value is -0.0800. The van der Waals surface area contributed by atoms with Crippen LogP contribution in [0.4, 0.5) is 0 Å². The number of halogens is 1. The van der Waals surface area contributed by atoms with E-state index < -0.39 is 0 Å². The fourth-order valence-electron chi connectivity index (χ4n) is 1.53. The number of nitrogens with one attached hydrogen (secondary N) is 2. The molecule has 0 fully saturated rings. The molecule has 1 unspecified atom stereocenters. The summed E-state index contributed by atoms with van der Waals surface area (Å²) in [5, 5.41) is 6.57. The Balaban J connectivity index is 0. The maximum atomic E-state index is 5.00. The van der Waals surface area contributed by atoms with E-state index in [0.29, 0.717) is 6.04 Å². The van der Waals surface area contributed by atoms with Crippen LogP contribution in [0.3, 0.4) is 0 Å². The lowest BCUT2D eigenvalue weighted by Crippen LogP contribution is -2.42. The summed E-state index contributed by atoms with van der Waals surface area (Å²) in [5.74, 6) is 0.864. The predicted molar refractivity (Wildman–Crippen MR) is 93.7 cm³/mol. The van der Waals surface area contributed by atoms with Gasteiger partial charge in [-0.2, -0.15) is 0 Å². The molecule has 0 aromatic heterocycles. The van der Waals surface area contributed by atoms with Crippen LogP contribution in [0.2, 0.25) is 0 Å². The van der Waals surface area contributed by atoms with Gasteiger partial charge in [-0.1, -0.05) is 6.92 Å². The largest absolute Gasteiger partial charge is 0.385 e. The Morgan fingerprint density at radius 2 is 1.95 bits per heavy atom. The van der Waals surface area contributed by atoms with Crippen molar-refractivity contribution >= 4 is 29.9 Å². The quantitative estimate of drug-likeness (QED) is 0.273. The summed E-state index contributed by atoms with van der Waals surface area (Å²) < 4.78 is 5.00. The molecule has 19 heavy (non-hydrogen) atoms. The highest BCUT2D eigenvalue weighted by molar-refractivity contribution is 14.0. The van der Waals surface area contributed by atoms with Crippen LogP contribution in [-0.2, 0) is 4.74 Å². The third-order valence-corrected chi connectivity index (χ3v) is 3.14. The number of ether oxygens (including phenoxy) is 1. The van der Waals surface area contributed by atoms with Crippen molar-refractivity contribution < 1.29 is 4.74 Å². The van der Waals surface area contributed by atoms with Crippen LogP contribution in [0.25, 0.3) is 0 Å². The topological polar surface area (TPSA) is 48.9 Å². The van der Waals surface area contributed by atoms with Gasteiger partial charge in [0.1, 0.15) is 0 Å². The first-order valence-electron chi connectivity index (χ1n) is 6.79. The van der Waals surface area contributed by atoms with Crippen molar-refractivity contribution in [2.24, 2.45) is 4.99 Å². The number of methoxy groups -OCH3 is 1. The number of hydrogen-bond acceptors (Lipinski definition) is 3. The summed E-state index contributed by atoms with van der Waals surface area (Å²) in [6, 6.07) is 0.628. The molecule has 6 heteroatoms. The second-order valence-corrected chi connectivity index (χ2v) is 4.51. The smallest absolute Gasteiger partial charge is 0.191 e. The lowest BCUT2D eigenvalue weighted by Gasteiger charge is -2.23. The van der Waals surface area contributed by atoms with Gasteiger partial charge in [0.05, 0.1) is 0 Å². The minimum absolute atomic E-state index is 0. The Morgan fingerprint density at radius 1 is 1.32 bits per heavy atom. The van der Waals surface area contributed by atoms with E-state index in [9.17, 15) is 0 Å². The zero-order chi connectivity index (χ0) is 13.8. The SMILES string of the molecule is CCC(C)N(C)CCNC(=NC)NCCCOC.I. The summed E-state index contributed by atoms with van der Waals surface area (Å²) in [6.45, 7) is 8.05. The van der Waals surface area contributed by atoms with Crippen molar-refractivity contribution in [3.05, 3.63) is 0 Å². The molecule has 0 heterocycles. The van der Waals surface area contributed by atoms with Gasteiger partial charge in [-0.15, -0.1) is 24.0 Å². The van der Waals surface area contributed by atoms with Gasteiger partial charge < -0.3 is 20.3 Å². The number of guanidine groups is 1. The van der Waals surface area contributed by atoms with Crippen molar-refractivity contribution in [3.8, 4) is 0 Å². The first-order valence-corrected chi connectivity index (χ1v) is 6.79. The summed E-state index contributed by atoms with van der Waals surface area (Å²) in [6.07, 6.45) is 2.17. The molecule has 0 aromatic carbocycles. The minimum Gasteiger partial charge on any atom is -0.385 e. The molecular weight excluding hydrogens is 355 g/mol. The minimum atomic E-state index is 0. The van der Waals surface area contributed by atoms with Gasteiger partial charge in [-0.05, 0) is 26.8 Å². The van der Waals surface area contributed by atoms with Crippen molar-refractivity contribution in [2.75, 3.05) is 47.4 Å². The van der Waals surface area contributed by atoms with Crippen molar-refractivity contribution in [1.29, 1.82) is 0 Å². The van der Waals surface area contributed by atoms with Gasteiger partial charge >= 0.3 is 0 Å². The molecule has 0 aliphatic carbocycles. The highest BCUT2D eigenvalue weighted by Crippen LogP contribution is 1.97. The fourth-order valence-corrected chi connectivity index (χ4v) is 1.53. The molecule has 0 aromatic rings. The van der Waals surface area contributed by atoms with Crippen molar-refractivity contribution in [2.45, 2.75) is 32.7 Å². The molecule has 0 amide bonds. The van der Waals surface area contributed by atoms with Crippen LogP contribution in [0.1, 0.15) is 26.7 Å². The van der Waals surface area contributed by atoms with Gasteiger partial charge in [-0.25, -0.2) is 0 Å². The Labute approximate surface area is 135 Å². The fraction of sp³-hybridized carbons (Fsp3) is 0.923. The van der Waals surface area contributed by atoms with Gasteiger partial charge in [0.15, 0.2) is 5.96 Å².